The minimum Gasteiger partial charge on any atom is -0.326 e. The number of anilines is 1. The van der Waals surface area contributed by atoms with E-state index in [2.05, 4.69) is 15.3 Å². The quantitative estimate of drug-likeness (QED) is 0.874. The topological polar surface area (TPSA) is 50.2 Å². The Morgan fingerprint density at radius 3 is 2.95 bits per heavy atom. The lowest BCUT2D eigenvalue weighted by Gasteiger charge is -2.31. The molecule has 116 valence electrons. The monoisotopic (exact) mass is 334 g/mol. The van der Waals surface area contributed by atoms with E-state index in [0.717, 1.165) is 35.6 Å². The molecule has 1 aliphatic rings. The minimum atomic E-state index is 0.0155. The van der Waals surface area contributed by atoms with Gasteiger partial charge in [0.1, 0.15) is 5.51 Å². The van der Waals surface area contributed by atoms with Crippen LogP contribution in [0.1, 0.15) is 12.8 Å². The molecular weight excluding hydrogens is 316 g/mol. The molecule has 1 aliphatic heterocycles. The Balaban J connectivity index is 1.59. The van der Waals surface area contributed by atoms with Crippen molar-refractivity contribution >= 4 is 35.1 Å². The van der Waals surface area contributed by atoms with Gasteiger partial charge in [0.2, 0.25) is 5.91 Å². The van der Waals surface area contributed by atoms with Crippen LogP contribution in [-0.4, -0.2) is 33.7 Å². The van der Waals surface area contributed by atoms with Gasteiger partial charge in [-0.1, -0.05) is 29.5 Å². The number of nitrogens with zero attached hydrogens (tertiary/aromatic N) is 3. The molecule has 0 spiro atoms. The lowest BCUT2D eigenvalue weighted by atomic mass is 9.97. The molecule has 2 heterocycles. The lowest BCUT2D eigenvalue weighted by Crippen LogP contribution is -2.41. The van der Waals surface area contributed by atoms with Gasteiger partial charge in [-0.25, -0.2) is 4.68 Å². The number of hydrogen-bond donors (Lipinski definition) is 1. The standard InChI is InChI=1S/C15H18N4OS2/c20-14(17-13-6-2-1-3-7-13)12-5-4-8-18(9-12)11-19-15(21)22-10-16-19/h1-3,6-7,10,12H,4-5,8-9,11H2,(H,17,20)/t12-/m1/s1. The first-order valence-corrected chi connectivity index (χ1v) is 8.60. The van der Waals surface area contributed by atoms with E-state index in [4.69, 9.17) is 12.2 Å². The second kappa shape index (κ2) is 7.13. The zero-order valence-electron chi connectivity index (χ0n) is 12.1. The van der Waals surface area contributed by atoms with Crippen molar-refractivity contribution < 1.29 is 4.79 Å². The van der Waals surface area contributed by atoms with Crippen molar-refractivity contribution in [2.24, 2.45) is 5.92 Å². The van der Waals surface area contributed by atoms with Gasteiger partial charge in [0.05, 0.1) is 12.6 Å². The summed E-state index contributed by atoms with van der Waals surface area (Å²) in [7, 11) is 0. The fourth-order valence-corrected chi connectivity index (χ4v) is 3.39. The van der Waals surface area contributed by atoms with Gasteiger partial charge in [-0.3, -0.25) is 9.69 Å². The van der Waals surface area contributed by atoms with E-state index >= 15 is 0 Å². The van der Waals surface area contributed by atoms with Crippen molar-refractivity contribution in [3.63, 3.8) is 0 Å². The summed E-state index contributed by atoms with van der Waals surface area (Å²) in [6.07, 6.45) is 1.95. The molecule has 0 unspecified atom stereocenters. The molecule has 0 saturated carbocycles. The van der Waals surface area contributed by atoms with Crippen molar-refractivity contribution in [3.05, 3.63) is 39.8 Å². The minimum absolute atomic E-state index is 0.0155. The van der Waals surface area contributed by atoms with Crippen molar-refractivity contribution in [2.45, 2.75) is 19.5 Å². The Morgan fingerprint density at radius 1 is 1.41 bits per heavy atom. The molecule has 0 aliphatic carbocycles. The summed E-state index contributed by atoms with van der Waals surface area (Å²) in [6, 6.07) is 9.61. The third kappa shape index (κ3) is 3.79. The number of carbonyl (C=O) groups is 1. The highest BCUT2D eigenvalue weighted by molar-refractivity contribution is 7.73. The highest BCUT2D eigenvalue weighted by Crippen LogP contribution is 2.19. The van der Waals surface area contributed by atoms with Crippen LogP contribution in [0.15, 0.2) is 35.8 Å². The van der Waals surface area contributed by atoms with Gasteiger partial charge in [-0.2, -0.15) is 5.10 Å². The highest BCUT2D eigenvalue weighted by atomic mass is 32.1. The zero-order chi connectivity index (χ0) is 15.4. The normalized spacial score (nSPS) is 19.0. The predicted molar refractivity (Wildman–Crippen MR) is 90.3 cm³/mol. The number of benzene rings is 1. The second-order valence-electron chi connectivity index (χ2n) is 5.42. The summed E-state index contributed by atoms with van der Waals surface area (Å²) in [6.45, 7) is 2.39. The zero-order valence-corrected chi connectivity index (χ0v) is 13.8. The Kier molecular flexibility index (Phi) is 4.97. The van der Waals surface area contributed by atoms with E-state index in [0.29, 0.717) is 6.67 Å². The fourth-order valence-electron chi connectivity index (χ4n) is 2.68. The third-order valence-corrected chi connectivity index (χ3v) is 4.91. The van der Waals surface area contributed by atoms with Crippen molar-refractivity contribution in [1.82, 2.24) is 14.7 Å². The van der Waals surface area contributed by atoms with Gasteiger partial charge in [-0.05, 0) is 43.7 Å². The van der Waals surface area contributed by atoms with Crippen LogP contribution in [0.2, 0.25) is 0 Å². The Hall–Kier alpha value is -1.57. The van der Waals surface area contributed by atoms with E-state index in [-0.39, 0.29) is 11.8 Å². The summed E-state index contributed by atoms with van der Waals surface area (Å²) in [5.74, 6) is 0.111. The number of hydrogen-bond acceptors (Lipinski definition) is 5. The molecule has 3 rings (SSSR count). The molecule has 1 aromatic carbocycles. The van der Waals surface area contributed by atoms with E-state index in [1.165, 1.54) is 11.3 Å². The predicted octanol–water partition coefficient (Wildman–Crippen LogP) is 2.98. The van der Waals surface area contributed by atoms with Crippen LogP contribution in [0, 0.1) is 9.87 Å². The number of aromatic nitrogens is 2. The molecule has 2 aromatic rings. The number of nitrogens with one attached hydrogen (secondary N) is 1. The molecule has 1 atom stereocenters. The van der Waals surface area contributed by atoms with Crippen LogP contribution >= 0.6 is 23.6 Å². The third-order valence-electron chi connectivity index (χ3n) is 3.80. The Labute approximate surface area is 138 Å². The largest absolute Gasteiger partial charge is 0.326 e. The van der Waals surface area contributed by atoms with Gasteiger partial charge in [0.25, 0.3) is 0 Å². The first-order chi connectivity index (χ1) is 10.7. The molecule has 1 fully saturated rings. The number of likely N-dealkylation sites (tertiary alicyclic amines) is 1. The van der Waals surface area contributed by atoms with E-state index in [1.807, 2.05) is 35.0 Å². The van der Waals surface area contributed by atoms with E-state index < -0.39 is 0 Å². The van der Waals surface area contributed by atoms with Gasteiger partial charge in [0, 0.05) is 12.2 Å². The number of rotatable bonds is 4. The molecule has 22 heavy (non-hydrogen) atoms. The molecule has 1 saturated heterocycles. The van der Waals surface area contributed by atoms with Crippen LogP contribution in [-0.2, 0) is 11.5 Å². The van der Waals surface area contributed by atoms with Crippen molar-refractivity contribution in [2.75, 3.05) is 18.4 Å². The second-order valence-corrected chi connectivity index (χ2v) is 6.90. The fraction of sp³-hybridized carbons (Fsp3) is 0.400. The van der Waals surface area contributed by atoms with Crippen molar-refractivity contribution in [3.8, 4) is 0 Å². The maximum atomic E-state index is 12.4. The first-order valence-electron chi connectivity index (χ1n) is 7.31. The van der Waals surface area contributed by atoms with E-state index in [9.17, 15) is 4.79 Å². The summed E-state index contributed by atoms with van der Waals surface area (Å²) in [4.78, 5) is 14.6. The molecule has 1 amide bonds. The maximum absolute atomic E-state index is 12.4. The van der Waals surface area contributed by atoms with Gasteiger partial charge in [-0.15, -0.1) is 0 Å². The average molecular weight is 334 g/mol. The molecule has 1 aromatic heterocycles. The van der Waals surface area contributed by atoms with Crippen LogP contribution in [0.25, 0.3) is 0 Å². The van der Waals surface area contributed by atoms with Crippen LogP contribution < -0.4 is 5.32 Å². The average Bonchev–Trinajstić information content (AvgIpc) is 2.94. The van der Waals surface area contributed by atoms with Crippen LogP contribution in [0.4, 0.5) is 5.69 Å². The molecule has 0 radical (unpaired) electrons. The number of amides is 1. The maximum Gasteiger partial charge on any atom is 0.228 e. The summed E-state index contributed by atoms with van der Waals surface area (Å²) in [5.41, 5.74) is 2.61. The van der Waals surface area contributed by atoms with Gasteiger partial charge in [0.15, 0.2) is 3.95 Å². The number of carbonyl (C=O) groups excluding carboxylic acids is 1. The number of para-hydroxylation sites is 1. The van der Waals surface area contributed by atoms with Gasteiger partial charge >= 0.3 is 0 Å². The summed E-state index contributed by atoms with van der Waals surface area (Å²) < 4.78 is 2.59. The molecule has 7 heteroatoms. The first kappa shape index (κ1) is 15.3. The number of piperidine rings is 1. The van der Waals surface area contributed by atoms with Crippen molar-refractivity contribution in [1.29, 1.82) is 0 Å². The van der Waals surface area contributed by atoms with E-state index in [1.54, 1.807) is 5.51 Å². The Bertz CT molecular complexity index is 682. The SMILES string of the molecule is O=C(Nc1ccccc1)[C@@H]1CCCN(Cn2ncsc2=S)C1. The summed E-state index contributed by atoms with van der Waals surface area (Å²) in [5, 5.41) is 7.23. The highest BCUT2D eigenvalue weighted by Gasteiger charge is 2.26. The van der Waals surface area contributed by atoms with Crippen LogP contribution in [0.5, 0.6) is 0 Å². The van der Waals surface area contributed by atoms with Crippen LogP contribution in [0.3, 0.4) is 0 Å². The Morgan fingerprint density at radius 2 is 2.23 bits per heavy atom. The summed E-state index contributed by atoms with van der Waals surface area (Å²) >= 11 is 6.70. The van der Waals surface area contributed by atoms with Gasteiger partial charge < -0.3 is 5.32 Å². The molecule has 5 nitrogen and oxygen atoms in total. The molecular formula is C15H18N4OS2. The molecule has 1 N–H and O–H groups in total. The lowest BCUT2D eigenvalue weighted by molar-refractivity contribution is -0.121. The molecule has 0 bridgehead atoms. The smallest absolute Gasteiger partial charge is 0.228 e.